The van der Waals surface area contributed by atoms with Gasteiger partial charge in [-0.2, -0.15) is 9.30 Å². The van der Waals surface area contributed by atoms with Crippen LogP contribution in [0.4, 0.5) is 0 Å². The number of carbonyl (C=O) groups excluding carboxylic acids is 2. The molecule has 1 aromatic carbocycles. The van der Waals surface area contributed by atoms with E-state index >= 15 is 0 Å². The highest BCUT2D eigenvalue weighted by molar-refractivity contribution is 7.88. The number of aliphatic hydroxyl groups excluding tert-OH is 1. The highest BCUT2D eigenvalue weighted by atomic mass is 32.2. The minimum Gasteiger partial charge on any atom is -0.391 e. The molecule has 4 atom stereocenters. The average Bonchev–Trinajstić information content (AvgIpc) is 3.59. The predicted molar refractivity (Wildman–Crippen MR) is 145 cm³/mol. The number of nitrogens with zero attached hydrogens (tertiary/aromatic N) is 4. The van der Waals surface area contributed by atoms with E-state index in [1.807, 2.05) is 45.0 Å². The number of amidine groups is 1. The van der Waals surface area contributed by atoms with Crippen molar-refractivity contribution >= 4 is 39.0 Å². The number of hydrogen-bond acceptors (Lipinski definition) is 8. The van der Waals surface area contributed by atoms with Crippen LogP contribution >= 0.6 is 11.3 Å². The van der Waals surface area contributed by atoms with Crippen LogP contribution in [-0.2, 0) is 25.2 Å². The number of amides is 2. The van der Waals surface area contributed by atoms with Gasteiger partial charge in [0.25, 0.3) is 5.91 Å². The van der Waals surface area contributed by atoms with Crippen molar-refractivity contribution in [2.75, 3.05) is 19.3 Å². The second-order valence-corrected chi connectivity index (χ2v) is 14.1. The molecule has 0 aliphatic carbocycles. The maximum atomic E-state index is 13.9. The molecule has 4 heterocycles. The largest absolute Gasteiger partial charge is 0.391 e. The lowest BCUT2D eigenvalue weighted by Crippen LogP contribution is -2.56. The van der Waals surface area contributed by atoms with Crippen LogP contribution in [0, 0.1) is 12.3 Å². The van der Waals surface area contributed by atoms with E-state index < -0.39 is 39.2 Å². The zero-order valence-electron chi connectivity index (χ0n) is 22.1. The smallest absolute Gasteiger partial charge is 0.277 e. The Morgan fingerprint density at radius 2 is 1.89 bits per heavy atom. The number of likely N-dealkylation sites (tertiary alicyclic amines) is 1. The van der Waals surface area contributed by atoms with Gasteiger partial charge in [-0.1, -0.05) is 38.1 Å². The second kappa shape index (κ2) is 9.22. The lowest BCUT2D eigenvalue weighted by Gasteiger charge is -2.36. The van der Waals surface area contributed by atoms with Crippen molar-refractivity contribution in [1.82, 2.24) is 19.5 Å². The van der Waals surface area contributed by atoms with Crippen LogP contribution < -0.4 is 5.32 Å². The van der Waals surface area contributed by atoms with E-state index in [4.69, 9.17) is 0 Å². The number of aryl methyl sites for hydroxylation is 1. The molecule has 0 saturated carbocycles. The number of aromatic nitrogens is 1. The van der Waals surface area contributed by atoms with Gasteiger partial charge in [-0.25, -0.2) is 13.4 Å². The molecule has 2 unspecified atom stereocenters. The zero-order valence-corrected chi connectivity index (χ0v) is 23.8. The third-order valence-corrected chi connectivity index (χ3v) is 10.3. The Morgan fingerprint density at radius 1 is 1.21 bits per heavy atom. The van der Waals surface area contributed by atoms with Crippen molar-refractivity contribution in [3.05, 3.63) is 41.0 Å². The third kappa shape index (κ3) is 4.47. The molecule has 5 rings (SSSR count). The van der Waals surface area contributed by atoms with Gasteiger partial charge in [0.2, 0.25) is 15.9 Å². The van der Waals surface area contributed by atoms with E-state index in [0.29, 0.717) is 12.3 Å². The molecule has 10 nitrogen and oxygen atoms in total. The number of carbonyl (C=O) groups is 2. The normalized spacial score (nSPS) is 29.5. The summed E-state index contributed by atoms with van der Waals surface area (Å²) in [5.74, 6) is -0.456. The van der Waals surface area contributed by atoms with Gasteiger partial charge in [0.15, 0.2) is 0 Å². The van der Waals surface area contributed by atoms with Gasteiger partial charge in [-0.05, 0) is 36.8 Å². The minimum atomic E-state index is -3.61. The fraction of sp³-hybridized carbons (Fsp3) is 0.538. The van der Waals surface area contributed by atoms with E-state index in [1.165, 1.54) is 9.21 Å². The molecule has 2 N–H and O–H groups in total. The fourth-order valence-corrected chi connectivity index (χ4v) is 7.78. The first-order chi connectivity index (χ1) is 17.7. The van der Waals surface area contributed by atoms with E-state index in [0.717, 1.165) is 28.0 Å². The zero-order chi connectivity index (χ0) is 27.6. The molecule has 0 spiro atoms. The Balaban J connectivity index is 1.40. The molecular weight excluding hydrogens is 526 g/mol. The Morgan fingerprint density at radius 3 is 2.50 bits per heavy atom. The van der Waals surface area contributed by atoms with Gasteiger partial charge < -0.3 is 15.3 Å². The monoisotopic (exact) mass is 559 g/mol. The van der Waals surface area contributed by atoms with Gasteiger partial charge in [-0.15, -0.1) is 11.3 Å². The van der Waals surface area contributed by atoms with Crippen LogP contribution in [0.2, 0.25) is 0 Å². The lowest BCUT2D eigenvalue weighted by molar-refractivity contribution is -0.137. The molecular formula is C26H33N5O5S2. The number of β-amino-alcohol motifs (C(OH)–C–C–N with tert-alkyl or cyclic N) is 1. The van der Waals surface area contributed by atoms with Crippen molar-refractivity contribution in [2.24, 2.45) is 10.4 Å². The van der Waals surface area contributed by atoms with E-state index in [9.17, 15) is 23.1 Å². The van der Waals surface area contributed by atoms with Crippen LogP contribution in [0.1, 0.15) is 44.9 Å². The maximum absolute atomic E-state index is 13.9. The quantitative estimate of drug-likeness (QED) is 0.572. The van der Waals surface area contributed by atoms with Gasteiger partial charge in [0.1, 0.15) is 17.4 Å². The number of thiazole rings is 1. The molecule has 0 bridgehead atoms. The van der Waals surface area contributed by atoms with Crippen LogP contribution in [-0.4, -0.2) is 82.9 Å². The molecule has 12 heteroatoms. The van der Waals surface area contributed by atoms with E-state index in [2.05, 4.69) is 15.3 Å². The minimum absolute atomic E-state index is 0.0438. The summed E-state index contributed by atoms with van der Waals surface area (Å²) >= 11 is 1.55. The number of aliphatic imine (C=N–C) groups is 1. The second-order valence-electron chi connectivity index (χ2n) is 11.3. The number of aliphatic hydroxyl groups is 1. The van der Waals surface area contributed by atoms with Crippen molar-refractivity contribution in [1.29, 1.82) is 0 Å². The van der Waals surface area contributed by atoms with Crippen LogP contribution in [0.3, 0.4) is 0 Å². The summed E-state index contributed by atoms with van der Waals surface area (Å²) in [7, 11) is -3.61. The highest BCUT2D eigenvalue weighted by Gasteiger charge is 2.54. The highest BCUT2D eigenvalue weighted by Crippen LogP contribution is 2.40. The lowest BCUT2D eigenvalue weighted by atomic mass is 9.84. The van der Waals surface area contributed by atoms with Gasteiger partial charge in [0.05, 0.1) is 34.5 Å². The Bertz CT molecular complexity index is 1420. The number of rotatable bonds is 5. The first kappa shape index (κ1) is 26.9. The topological polar surface area (TPSA) is 132 Å². The summed E-state index contributed by atoms with van der Waals surface area (Å²) in [5, 5.41) is 13.8. The molecule has 204 valence electrons. The molecule has 2 fully saturated rings. The van der Waals surface area contributed by atoms with Crippen molar-refractivity contribution in [2.45, 2.75) is 64.3 Å². The summed E-state index contributed by atoms with van der Waals surface area (Å²) in [4.78, 5) is 38.2. The molecule has 2 saturated heterocycles. The average molecular weight is 560 g/mol. The third-order valence-electron chi connectivity index (χ3n) is 8.04. The summed E-state index contributed by atoms with van der Waals surface area (Å²) in [5.41, 5.74) is 2.76. The van der Waals surface area contributed by atoms with Crippen LogP contribution in [0.5, 0.6) is 0 Å². The summed E-state index contributed by atoms with van der Waals surface area (Å²) in [6.45, 7) is 7.77. The van der Waals surface area contributed by atoms with E-state index in [1.54, 1.807) is 23.8 Å². The maximum Gasteiger partial charge on any atom is 0.277 e. The van der Waals surface area contributed by atoms with Gasteiger partial charge in [0, 0.05) is 19.5 Å². The molecule has 2 aromatic rings. The number of nitrogens with one attached hydrogen (secondary N) is 1. The Hall–Kier alpha value is -2.67. The first-order valence-corrected chi connectivity index (χ1v) is 15.3. The number of hydrogen-bond donors (Lipinski definition) is 2. The summed E-state index contributed by atoms with van der Waals surface area (Å²) in [6.07, 6.45) is 1.05. The van der Waals surface area contributed by atoms with Crippen molar-refractivity contribution in [3.63, 3.8) is 0 Å². The van der Waals surface area contributed by atoms with E-state index in [-0.39, 0.29) is 31.3 Å². The number of benzene rings is 1. The van der Waals surface area contributed by atoms with Crippen LogP contribution in [0.15, 0.2) is 34.8 Å². The Labute approximate surface area is 226 Å². The van der Waals surface area contributed by atoms with Crippen LogP contribution in [0.25, 0.3) is 10.4 Å². The molecule has 3 aliphatic rings. The SMILES string of the molecule is Cc1ncsc1-c1ccc([C@]2(C)NC(C3C[C@@H](O)CN3C(=O)C3N(S(C)(=O)=O)CCC3(C)C)=NC2=O)cc1. The van der Waals surface area contributed by atoms with Gasteiger partial charge in [-0.3, -0.25) is 9.59 Å². The molecule has 0 radical (unpaired) electrons. The fourth-order valence-electron chi connectivity index (χ4n) is 5.79. The Kier molecular flexibility index (Phi) is 6.53. The number of sulfonamides is 1. The first-order valence-electron chi connectivity index (χ1n) is 12.6. The molecule has 1 aromatic heterocycles. The molecule has 38 heavy (non-hydrogen) atoms. The van der Waals surface area contributed by atoms with Gasteiger partial charge >= 0.3 is 0 Å². The standard InChI is InChI=1S/C26H33N5O5S2/c1-15-20(37-14-27-15)16-6-8-17(9-7-16)26(4)24(34)28-22(29-26)19-12-18(32)13-30(19)23(33)21-25(2,3)10-11-31(21)38(5,35)36/h6-9,14,18-19,21,32H,10-13H2,1-5H3,(H,28,29,34)/t18-,19?,21?,26+/m1/s1. The summed E-state index contributed by atoms with van der Waals surface area (Å²) < 4.78 is 26.2. The van der Waals surface area contributed by atoms with Crippen molar-refractivity contribution < 1.29 is 23.1 Å². The summed E-state index contributed by atoms with van der Waals surface area (Å²) in [6, 6.07) is 6.11. The van der Waals surface area contributed by atoms with Crippen molar-refractivity contribution in [3.8, 4) is 10.4 Å². The molecule has 2 amide bonds. The predicted octanol–water partition coefficient (Wildman–Crippen LogP) is 1.88. The molecule has 3 aliphatic heterocycles.